The number of hydrogen-bond acceptors (Lipinski definition) is 3. The second kappa shape index (κ2) is 4.31. The van der Waals surface area contributed by atoms with E-state index in [1.165, 1.54) is 0 Å². The molecule has 3 aromatic rings. The van der Waals surface area contributed by atoms with Crippen LogP contribution < -0.4 is 0 Å². The Morgan fingerprint density at radius 2 is 1.95 bits per heavy atom. The Labute approximate surface area is 117 Å². The first-order chi connectivity index (χ1) is 9.79. The van der Waals surface area contributed by atoms with E-state index in [4.69, 9.17) is 0 Å². The molecule has 0 saturated carbocycles. The van der Waals surface area contributed by atoms with Crippen LogP contribution >= 0.6 is 0 Å². The first-order valence-electron chi connectivity index (χ1n) is 6.20. The van der Waals surface area contributed by atoms with Crippen LogP contribution in [-0.2, 0) is 13.2 Å². The van der Waals surface area contributed by atoms with Crippen LogP contribution in [0.4, 0.5) is 13.2 Å². The zero-order valence-corrected chi connectivity index (χ0v) is 11.6. The third-order valence-corrected chi connectivity index (χ3v) is 3.67. The Balaban J connectivity index is 2.13. The van der Waals surface area contributed by atoms with Gasteiger partial charge in [0.15, 0.2) is 5.82 Å². The fraction of sp³-hybridized carbons (Fsp3) is 0.308. The SMILES string of the molecule is Cc1c(C)n(C)c2cc(-c3nc(C(F)(F)F)n[nH]3)ncc12. The molecule has 0 atom stereocenters. The van der Waals surface area contributed by atoms with E-state index < -0.39 is 12.0 Å². The minimum absolute atomic E-state index is 0.000677. The number of nitrogens with zero attached hydrogens (tertiary/aromatic N) is 4. The van der Waals surface area contributed by atoms with Crippen molar-refractivity contribution in [2.75, 3.05) is 0 Å². The number of pyridine rings is 1. The minimum Gasteiger partial charge on any atom is -0.348 e. The van der Waals surface area contributed by atoms with Crippen molar-refractivity contribution in [1.82, 2.24) is 24.7 Å². The van der Waals surface area contributed by atoms with Crippen LogP contribution in [0.5, 0.6) is 0 Å². The molecule has 0 unspecified atom stereocenters. The number of hydrogen-bond donors (Lipinski definition) is 1. The molecule has 5 nitrogen and oxygen atoms in total. The van der Waals surface area contributed by atoms with E-state index in [-0.39, 0.29) is 5.82 Å². The van der Waals surface area contributed by atoms with E-state index in [0.29, 0.717) is 5.69 Å². The van der Waals surface area contributed by atoms with Gasteiger partial charge in [0, 0.05) is 24.3 Å². The molecule has 1 N–H and O–H groups in total. The van der Waals surface area contributed by atoms with Gasteiger partial charge in [0.25, 0.3) is 5.82 Å². The molecule has 3 heterocycles. The second-order valence-corrected chi connectivity index (χ2v) is 4.86. The Bertz CT molecular complexity index is 828. The average molecular weight is 295 g/mol. The number of fused-ring (bicyclic) bond motifs is 1. The van der Waals surface area contributed by atoms with Gasteiger partial charge in [-0.15, -0.1) is 5.10 Å². The summed E-state index contributed by atoms with van der Waals surface area (Å²) in [7, 11) is 1.90. The van der Waals surface area contributed by atoms with Crippen molar-refractivity contribution in [2.24, 2.45) is 7.05 Å². The van der Waals surface area contributed by atoms with E-state index in [2.05, 4.69) is 20.2 Å². The van der Waals surface area contributed by atoms with Crippen molar-refractivity contribution in [3.63, 3.8) is 0 Å². The molecule has 8 heteroatoms. The van der Waals surface area contributed by atoms with E-state index >= 15 is 0 Å². The Hall–Kier alpha value is -2.38. The molecule has 3 rings (SSSR count). The van der Waals surface area contributed by atoms with E-state index in [0.717, 1.165) is 22.2 Å². The molecule has 0 bridgehead atoms. The zero-order chi connectivity index (χ0) is 15.4. The lowest BCUT2D eigenvalue weighted by molar-refractivity contribution is -0.144. The highest BCUT2D eigenvalue weighted by Gasteiger charge is 2.36. The quantitative estimate of drug-likeness (QED) is 0.750. The molecule has 0 amide bonds. The van der Waals surface area contributed by atoms with Crippen LogP contribution in [0, 0.1) is 13.8 Å². The van der Waals surface area contributed by atoms with Crippen LogP contribution in [-0.4, -0.2) is 24.7 Å². The lowest BCUT2D eigenvalue weighted by Crippen LogP contribution is -2.07. The maximum Gasteiger partial charge on any atom is 0.453 e. The summed E-state index contributed by atoms with van der Waals surface area (Å²) in [5.74, 6) is -1.20. The van der Waals surface area contributed by atoms with Gasteiger partial charge in [0.2, 0.25) is 0 Å². The molecule has 0 spiro atoms. The number of aromatic nitrogens is 5. The van der Waals surface area contributed by atoms with Crippen molar-refractivity contribution < 1.29 is 13.2 Å². The number of aromatic amines is 1. The largest absolute Gasteiger partial charge is 0.453 e. The molecule has 0 fully saturated rings. The summed E-state index contributed by atoms with van der Waals surface area (Å²) in [4.78, 5) is 7.63. The first kappa shape index (κ1) is 13.6. The summed E-state index contributed by atoms with van der Waals surface area (Å²) in [5, 5.41) is 6.43. The topological polar surface area (TPSA) is 59.4 Å². The van der Waals surface area contributed by atoms with Gasteiger partial charge in [-0.05, 0) is 25.5 Å². The molecule has 0 aromatic carbocycles. The number of nitrogens with one attached hydrogen (secondary N) is 1. The van der Waals surface area contributed by atoms with Gasteiger partial charge >= 0.3 is 6.18 Å². The Morgan fingerprint density at radius 1 is 1.24 bits per heavy atom. The molecule has 0 radical (unpaired) electrons. The molecule has 0 aliphatic carbocycles. The van der Waals surface area contributed by atoms with Gasteiger partial charge in [-0.1, -0.05) is 0 Å². The molecule has 0 saturated heterocycles. The van der Waals surface area contributed by atoms with Gasteiger partial charge in [0.1, 0.15) is 5.69 Å². The van der Waals surface area contributed by atoms with E-state index in [1.807, 2.05) is 25.5 Å². The smallest absolute Gasteiger partial charge is 0.348 e. The lowest BCUT2D eigenvalue weighted by Gasteiger charge is -2.00. The highest BCUT2D eigenvalue weighted by Crippen LogP contribution is 2.29. The molecular weight excluding hydrogens is 283 g/mol. The first-order valence-corrected chi connectivity index (χ1v) is 6.20. The van der Waals surface area contributed by atoms with Gasteiger partial charge in [-0.3, -0.25) is 10.1 Å². The Kier molecular flexibility index (Phi) is 2.79. The number of H-pyrrole nitrogens is 1. The predicted octanol–water partition coefficient (Wildman–Crippen LogP) is 2.99. The van der Waals surface area contributed by atoms with Crippen LogP contribution in [0.1, 0.15) is 17.1 Å². The van der Waals surface area contributed by atoms with E-state index in [9.17, 15) is 13.2 Å². The van der Waals surface area contributed by atoms with Crippen molar-refractivity contribution >= 4 is 10.9 Å². The summed E-state index contributed by atoms with van der Waals surface area (Å²) in [5.41, 5.74) is 3.39. The van der Waals surface area contributed by atoms with Gasteiger partial charge in [-0.2, -0.15) is 13.2 Å². The molecule has 110 valence electrons. The van der Waals surface area contributed by atoms with Crippen molar-refractivity contribution in [3.05, 3.63) is 29.3 Å². The zero-order valence-electron chi connectivity index (χ0n) is 11.6. The minimum atomic E-state index is -4.57. The Morgan fingerprint density at radius 3 is 2.57 bits per heavy atom. The molecule has 0 aliphatic heterocycles. The molecule has 3 aromatic heterocycles. The summed E-state index contributed by atoms with van der Waals surface area (Å²) in [6.07, 6.45) is -2.93. The monoisotopic (exact) mass is 295 g/mol. The van der Waals surface area contributed by atoms with Gasteiger partial charge < -0.3 is 4.57 Å². The highest BCUT2D eigenvalue weighted by molar-refractivity contribution is 5.86. The number of rotatable bonds is 1. The third kappa shape index (κ3) is 2.07. The van der Waals surface area contributed by atoms with Crippen molar-refractivity contribution in [1.29, 1.82) is 0 Å². The van der Waals surface area contributed by atoms with Crippen LogP contribution in [0.2, 0.25) is 0 Å². The standard InChI is InChI=1S/C13H12F3N5/c1-6-7(2)21(3)10-4-9(17-5-8(6)10)11-18-12(20-19-11)13(14,15)16/h4-5H,1-3H3,(H,18,19,20). The number of alkyl halides is 3. The van der Waals surface area contributed by atoms with E-state index in [1.54, 1.807) is 12.3 Å². The molecule has 21 heavy (non-hydrogen) atoms. The maximum absolute atomic E-state index is 12.5. The number of halogens is 3. The lowest BCUT2D eigenvalue weighted by atomic mass is 10.2. The normalized spacial score (nSPS) is 12.3. The maximum atomic E-state index is 12.5. The van der Waals surface area contributed by atoms with Crippen LogP contribution in [0.15, 0.2) is 12.3 Å². The summed E-state index contributed by atoms with van der Waals surface area (Å²) in [6.45, 7) is 3.96. The van der Waals surface area contributed by atoms with Crippen LogP contribution in [0.3, 0.4) is 0 Å². The average Bonchev–Trinajstić information content (AvgIpc) is 3.00. The van der Waals surface area contributed by atoms with Gasteiger partial charge in [0.05, 0.1) is 5.52 Å². The van der Waals surface area contributed by atoms with Crippen LogP contribution in [0.25, 0.3) is 22.4 Å². The molecule has 0 aliphatic rings. The fourth-order valence-corrected chi connectivity index (χ4v) is 2.27. The fourth-order valence-electron chi connectivity index (χ4n) is 2.27. The summed E-state index contributed by atoms with van der Waals surface area (Å²) < 4.78 is 39.5. The molecular formula is C13H12F3N5. The highest BCUT2D eigenvalue weighted by atomic mass is 19.4. The summed E-state index contributed by atoms with van der Waals surface area (Å²) >= 11 is 0. The predicted molar refractivity (Wildman–Crippen MR) is 70.6 cm³/mol. The van der Waals surface area contributed by atoms with Crippen molar-refractivity contribution in [3.8, 4) is 11.5 Å². The second-order valence-electron chi connectivity index (χ2n) is 4.86. The van der Waals surface area contributed by atoms with Gasteiger partial charge in [-0.25, -0.2) is 4.98 Å². The van der Waals surface area contributed by atoms with Crippen molar-refractivity contribution in [2.45, 2.75) is 20.0 Å². The number of aryl methyl sites for hydroxylation is 2. The third-order valence-electron chi connectivity index (χ3n) is 3.67. The summed E-state index contributed by atoms with van der Waals surface area (Å²) in [6, 6.07) is 1.70.